The Hall–Kier alpha value is -2.48. The predicted molar refractivity (Wildman–Crippen MR) is 73.6 cm³/mol. The molecule has 0 radical (unpaired) electrons. The number of ether oxygens (including phenoxy) is 1. The van der Waals surface area contributed by atoms with E-state index >= 15 is 0 Å². The second-order valence-corrected chi connectivity index (χ2v) is 4.24. The summed E-state index contributed by atoms with van der Waals surface area (Å²) < 4.78 is 9.72. The van der Waals surface area contributed by atoms with Gasteiger partial charge in [-0.3, -0.25) is 0 Å². The first-order valence-corrected chi connectivity index (χ1v) is 6.35. The maximum absolute atomic E-state index is 11.5. The highest BCUT2D eigenvalue weighted by atomic mass is 32.1. The largest absolute Gasteiger partial charge is 0.464 e. The Labute approximate surface area is 118 Å². The van der Waals surface area contributed by atoms with Crippen LogP contribution >= 0.6 is 11.3 Å². The smallest absolute Gasteiger partial charge is 0.362 e. The van der Waals surface area contributed by atoms with Crippen LogP contribution in [0.1, 0.15) is 11.5 Å². The average Bonchev–Trinajstić information content (AvgIpc) is 3.12. The molecule has 0 spiro atoms. The molecule has 0 aliphatic carbocycles. The van der Waals surface area contributed by atoms with Crippen molar-refractivity contribution < 1.29 is 18.8 Å². The Bertz CT molecular complexity index is 631. The van der Waals surface area contributed by atoms with Crippen LogP contribution in [0.3, 0.4) is 0 Å². The fourth-order valence-electron chi connectivity index (χ4n) is 1.29. The van der Waals surface area contributed by atoms with Crippen molar-refractivity contribution >= 4 is 34.4 Å². The highest BCUT2D eigenvalue weighted by Crippen LogP contribution is 2.19. The molecule has 8 heteroatoms. The van der Waals surface area contributed by atoms with Crippen molar-refractivity contribution in [1.82, 2.24) is 4.98 Å². The molecule has 7 nitrogen and oxygen atoms in total. The minimum atomic E-state index is -0.626. The van der Waals surface area contributed by atoms with Crippen molar-refractivity contribution in [2.45, 2.75) is 0 Å². The molecule has 0 saturated carbocycles. The van der Waals surface area contributed by atoms with E-state index in [0.717, 1.165) is 0 Å². The highest BCUT2D eigenvalue weighted by molar-refractivity contribution is 7.13. The van der Waals surface area contributed by atoms with Gasteiger partial charge in [0.1, 0.15) is 18.6 Å². The zero-order valence-electron chi connectivity index (χ0n) is 10.8. The summed E-state index contributed by atoms with van der Waals surface area (Å²) in [6.45, 7) is 0. The lowest BCUT2D eigenvalue weighted by Gasteiger charge is -1.99. The summed E-state index contributed by atoms with van der Waals surface area (Å²) in [5, 5.41) is 5.71. The minimum absolute atomic E-state index is 0.00861. The van der Waals surface area contributed by atoms with Crippen molar-refractivity contribution in [1.29, 1.82) is 0 Å². The molecule has 0 aromatic carbocycles. The van der Waals surface area contributed by atoms with Gasteiger partial charge in [0, 0.05) is 5.38 Å². The highest BCUT2D eigenvalue weighted by Gasteiger charge is 2.18. The molecule has 2 heterocycles. The van der Waals surface area contributed by atoms with Gasteiger partial charge < -0.3 is 14.0 Å². The fraction of sp³-hybridized carbons (Fsp3) is 0.167. The van der Waals surface area contributed by atoms with E-state index in [0.29, 0.717) is 16.6 Å². The number of esters is 1. The van der Waals surface area contributed by atoms with Gasteiger partial charge in [-0.05, 0) is 12.1 Å². The molecular formula is C12H11N3O4S. The average molecular weight is 293 g/mol. The SMILES string of the molecule is CO/N=C(\C(=O)OC)c1csc(/N=C/c2ccco2)n1. The Morgan fingerprint density at radius 3 is 3.00 bits per heavy atom. The van der Waals surface area contributed by atoms with Crippen LogP contribution in [0, 0.1) is 0 Å². The van der Waals surface area contributed by atoms with E-state index in [-0.39, 0.29) is 5.71 Å². The van der Waals surface area contributed by atoms with Crippen LogP contribution in [-0.4, -0.2) is 37.1 Å². The van der Waals surface area contributed by atoms with Crippen molar-refractivity contribution in [2.24, 2.45) is 10.1 Å². The van der Waals surface area contributed by atoms with Gasteiger partial charge in [0.2, 0.25) is 10.8 Å². The summed E-state index contributed by atoms with van der Waals surface area (Å²) in [4.78, 5) is 24.4. The molecular weight excluding hydrogens is 282 g/mol. The Morgan fingerprint density at radius 1 is 1.50 bits per heavy atom. The molecule has 20 heavy (non-hydrogen) atoms. The molecule has 0 atom stereocenters. The quantitative estimate of drug-likeness (QED) is 0.478. The van der Waals surface area contributed by atoms with Gasteiger partial charge >= 0.3 is 5.97 Å². The van der Waals surface area contributed by atoms with E-state index in [2.05, 4.69) is 24.7 Å². The fourth-order valence-corrected chi connectivity index (χ4v) is 1.94. The number of aromatic nitrogens is 1. The minimum Gasteiger partial charge on any atom is -0.464 e. The molecule has 2 aromatic heterocycles. The van der Waals surface area contributed by atoms with E-state index in [1.54, 1.807) is 23.8 Å². The van der Waals surface area contributed by atoms with Crippen molar-refractivity contribution in [2.75, 3.05) is 14.2 Å². The molecule has 0 fully saturated rings. The first-order chi connectivity index (χ1) is 9.74. The number of nitrogens with zero attached hydrogens (tertiary/aromatic N) is 3. The van der Waals surface area contributed by atoms with Gasteiger partial charge in [-0.25, -0.2) is 14.8 Å². The van der Waals surface area contributed by atoms with E-state index < -0.39 is 5.97 Å². The Balaban J connectivity index is 2.19. The third-order valence-corrected chi connectivity index (χ3v) is 2.89. The summed E-state index contributed by atoms with van der Waals surface area (Å²) >= 11 is 1.26. The number of methoxy groups -OCH3 is 1. The van der Waals surface area contributed by atoms with Crippen molar-refractivity contribution in [3.63, 3.8) is 0 Å². The third-order valence-electron chi connectivity index (χ3n) is 2.14. The van der Waals surface area contributed by atoms with Crippen molar-refractivity contribution in [3.05, 3.63) is 35.2 Å². The summed E-state index contributed by atoms with van der Waals surface area (Å²) in [5.74, 6) is -0.0146. The maximum atomic E-state index is 11.5. The number of aliphatic imine (C=N–C) groups is 1. The van der Waals surface area contributed by atoms with E-state index in [1.165, 1.54) is 31.8 Å². The van der Waals surface area contributed by atoms with Crippen LogP contribution < -0.4 is 0 Å². The van der Waals surface area contributed by atoms with Gasteiger partial charge in [0.25, 0.3) is 0 Å². The molecule has 0 saturated heterocycles. The molecule has 0 N–H and O–H groups in total. The first kappa shape index (κ1) is 13.9. The number of hydrogen-bond acceptors (Lipinski definition) is 8. The van der Waals surface area contributed by atoms with Crippen LogP contribution in [0.4, 0.5) is 5.13 Å². The summed E-state index contributed by atoms with van der Waals surface area (Å²) in [7, 11) is 2.60. The van der Waals surface area contributed by atoms with Crippen LogP contribution in [0.2, 0.25) is 0 Å². The predicted octanol–water partition coefficient (Wildman–Crippen LogP) is 2.01. The zero-order valence-corrected chi connectivity index (χ0v) is 11.6. The molecule has 104 valence electrons. The standard InChI is InChI=1S/C12H11N3O4S/c1-17-11(16)10(15-18-2)9-7-20-12(14-9)13-6-8-4-3-5-19-8/h3-7H,1-2H3/b13-6+,15-10-. The van der Waals surface area contributed by atoms with E-state index in [4.69, 9.17) is 4.42 Å². The normalized spacial score (nSPS) is 11.8. The lowest BCUT2D eigenvalue weighted by atomic mass is 10.3. The second-order valence-electron chi connectivity index (χ2n) is 3.40. The molecule has 0 unspecified atom stereocenters. The maximum Gasteiger partial charge on any atom is 0.362 e. The molecule has 0 aliphatic heterocycles. The van der Waals surface area contributed by atoms with Crippen LogP contribution in [0.5, 0.6) is 0 Å². The number of hydrogen-bond donors (Lipinski definition) is 0. The molecule has 0 bridgehead atoms. The summed E-state index contributed by atoms with van der Waals surface area (Å²) in [6.07, 6.45) is 3.09. The number of furan rings is 1. The second kappa shape index (κ2) is 6.62. The molecule has 2 aromatic rings. The third kappa shape index (κ3) is 3.29. The number of thiazole rings is 1. The Morgan fingerprint density at radius 2 is 2.35 bits per heavy atom. The number of carbonyl (C=O) groups is 1. The van der Waals surface area contributed by atoms with Gasteiger partial charge in [0.15, 0.2) is 0 Å². The lowest BCUT2D eigenvalue weighted by Crippen LogP contribution is -2.17. The zero-order chi connectivity index (χ0) is 14.4. The van der Waals surface area contributed by atoms with Crippen LogP contribution in [-0.2, 0) is 14.4 Å². The molecule has 2 rings (SSSR count). The van der Waals surface area contributed by atoms with Gasteiger partial charge in [0.05, 0.1) is 19.6 Å². The number of oxime groups is 1. The van der Waals surface area contributed by atoms with Crippen LogP contribution in [0.15, 0.2) is 38.3 Å². The van der Waals surface area contributed by atoms with Crippen LogP contribution in [0.25, 0.3) is 0 Å². The summed E-state index contributed by atoms with van der Waals surface area (Å²) in [6, 6.07) is 3.53. The molecule has 0 amide bonds. The van der Waals surface area contributed by atoms with Gasteiger partial charge in [-0.2, -0.15) is 0 Å². The lowest BCUT2D eigenvalue weighted by molar-refractivity contribution is -0.132. The monoisotopic (exact) mass is 293 g/mol. The van der Waals surface area contributed by atoms with E-state index in [9.17, 15) is 4.79 Å². The topological polar surface area (TPSA) is 86.3 Å². The number of carbonyl (C=O) groups excluding carboxylic acids is 1. The number of rotatable bonds is 5. The van der Waals surface area contributed by atoms with Crippen molar-refractivity contribution in [3.8, 4) is 0 Å². The Kier molecular flexibility index (Phi) is 4.61. The van der Waals surface area contributed by atoms with Gasteiger partial charge in [-0.15, -0.1) is 11.3 Å². The summed E-state index contributed by atoms with van der Waals surface area (Å²) in [5.41, 5.74) is 0.334. The molecule has 0 aliphatic rings. The van der Waals surface area contributed by atoms with Gasteiger partial charge in [-0.1, -0.05) is 5.16 Å². The van der Waals surface area contributed by atoms with E-state index in [1.807, 2.05) is 0 Å². The first-order valence-electron chi connectivity index (χ1n) is 5.47.